The molecule has 1 N–H and O–H groups in total. The van der Waals surface area contributed by atoms with E-state index >= 15 is 0 Å². The van der Waals surface area contributed by atoms with Crippen molar-refractivity contribution in [2.24, 2.45) is 0 Å². The van der Waals surface area contributed by atoms with Crippen molar-refractivity contribution < 1.29 is 4.74 Å². The molecule has 2 heterocycles. The normalized spacial score (nSPS) is 21.6. The van der Waals surface area contributed by atoms with Gasteiger partial charge in [-0.05, 0) is 37.7 Å². The van der Waals surface area contributed by atoms with Gasteiger partial charge in [-0.2, -0.15) is 0 Å². The fourth-order valence-electron chi connectivity index (χ4n) is 2.56. The molecule has 0 unspecified atom stereocenters. The van der Waals surface area contributed by atoms with E-state index in [-0.39, 0.29) is 5.60 Å². The lowest BCUT2D eigenvalue weighted by molar-refractivity contribution is 0.0822. The Balaban J connectivity index is 1.97. The predicted molar refractivity (Wildman–Crippen MR) is 65.7 cm³/mol. The van der Waals surface area contributed by atoms with Crippen LogP contribution in [0.1, 0.15) is 24.0 Å². The van der Waals surface area contributed by atoms with E-state index in [1.807, 2.05) is 0 Å². The van der Waals surface area contributed by atoms with Crippen molar-refractivity contribution in [2.75, 3.05) is 13.1 Å². The molecule has 2 heteroatoms. The van der Waals surface area contributed by atoms with Crippen molar-refractivity contribution in [3.05, 3.63) is 35.4 Å². The molecule has 1 fully saturated rings. The van der Waals surface area contributed by atoms with Crippen molar-refractivity contribution in [3.8, 4) is 5.75 Å². The second kappa shape index (κ2) is 3.63. The summed E-state index contributed by atoms with van der Waals surface area (Å²) in [6, 6.07) is 6.28. The largest absolute Gasteiger partial charge is 0.482 e. The van der Waals surface area contributed by atoms with Gasteiger partial charge in [0.05, 0.1) is 0 Å². The van der Waals surface area contributed by atoms with Crippen LogP contribution in [0, 0.1) is 6.92 Å². The molecule has 2 nitrogen and oxygen atoms in total. The van der Waals surface area contributed by atoms with E-state index in [1.54, 1.807) is 0 Å². The van der Waals surface area contributed by atoms with Gasteiger partial charge in [-0.15, -0.1) is 0 Å². The summed E-state index contributed by atoms with van der Waals surface area (Å²) >= 11 is 0. The van der Waals surface area contributed by atoms with Gasteiger partial charge in [0.1, 0.15) is 11.4 Å². The van der Waals surface area contributed by atoms with Crippen LogP contribution in [0.2, 0.25) is 0 Å². The van der Waals surface area contributed by atoms with E-state index in [2.05, 4.69) is 42.6 Å². The number of piperidine rings is 1. The van der Waals surface area contributed by atoms with Crippen molar-refractivity contribution in [1.29, 1.82) is 0 Å². The lowest BCUT2D eigenvalue weighted by Gasteiger charge is -2.38. The highest BCUT2D eigenvalue weighted by molar-refractivity contribution is 5.64. The number of aryl methyl sites for hydroxylation is 1. The summed E-state index contributed by atoms with van der Waals surface area (Å²) in [7, 11) is 0. The minimum Gasteiger partial charge on any atom is -0.482 e. The predicted octanol–water partition coefficient (Wildman–Crippen LogP) is 2.52. The molecule has 1 saturated heterocycles. The molecule has 0 bridgehead atoms. The highest BCUT2D eigenvalue weighted by Crippen LogP contribution is 2.36. The maximum atomic E-state index is 6.21. The molecule has 0 amide bonds. The highest BCUT2D eigenvalue weighted by atomic mass is 16.5. The van der Waals surface area contributed by atoms with Crippen molar-refractivity contribution in [2.45, 2.75) is 25.4 Å². The minimum atomic E-state index is -0.0496. The zero-order valence-electron chi connectivity index (χ0n) is 9.62. The number of nitrogens with one attached hydrogen (secondary N) is 1. The summed E-state index contributed by atoms with van der Waals surface area (Å²) in [5.74, 6) is 1.05. The fraction of sp³-hybridized carbons (Fsp3) is 0.429. The quantitative estimate of drug-likeness (QED) is 0.718. The van der Waals surface area contributed by atoms with Gasteiger partial charge in [-0.1, -0.05) is 18.2 Å². The van der Waals surface area contributed by atoms with Gasteiger partial charge in [0.2, 0.25) is 0 Å². The van der Waals surface area contributed by atoms with Gasteiger partial charge in [0.25, 0.3) is 0 Å². The first-order chi connectivity index (χ1) is 7.79. The van der Waals surface area contributed by atoms with Crippen LogP contribution in [0.3, 0.4) is 0 Å². The molecule has 1 spiro atoms. The van der Waals surface area contributed by atoms with Crippen LogP contribution in [0.4, 0.5) is 0 Å². The van der Waals surface area contributed by atoms with Gasteiger partial charge in [-0.25, -0.2) is 0 Å². The number of fused-ring (bicyclic) bond motifs is 1. The number of hydrogen-bond donors (Lipinski definition) is 1. The van der Waals surface area contributed by atoms with E-state index < -0.39 is 0 Å². The average molecular weight is 215 g/mol. The van der Waals surface area contributed by atoms with Crippen molar-refractivity contribution in [3.63, 3.8) is 0 Å². The zero-order valence-corrected chi connectivity index (χ0v) is 9.62. The van der Waals surface area contributed by atoms with Crippen molar-refractivity contribution >= 4 is 6.08 Å². The molecule has 16 heavy (non-hydrogen) atoms. The Morgan fingerprint density at radius 1 is 1.25 bits per heavy atom. The molecule has 0 aromatic heterocycles. The fourth-order valence-corrected chi connectivity index (χ4v) is 2.56. The van der Waals surface area contributed by atoms with E-state index in [1.165, 1.54) is 11.1 Å². The van der Waals surface area contributed by atoms with Crippen LogP contribution in [0.5, 0.6) is 5.75 Å². The van der Waals surface area contributed by atoms with E-state index in [0.29, 0.717) is 0 Å². The lowest BCUT2D eigenvalue weighted by atomic mass is 9.88. The smallest absolute Gasteiger partial charge is 0.130 e. The Bertz CT molecular complexity index is 430. The molecule has 2 aliphatic rings. The second-order valence-corrected chi connectivity index (χ2v) is 4.74. The molecule has 1 aromatic carbocycles. The highest BCUT2D eigenvalue weighted by Gasteiger charge is 2.34. The number of benzene rings is 1. The van der Waals surface area contributed by atoms with Gasteiger partial charge in [-0.3, -0.25) is 0 Å². The third-order valence-electron chi connectivity index (χ3n) is 3.60. The van der Waals surface area contributed by atoms with Crippen LogP contribution in [0.15, 0.2) is 24.3 Å². The molecule has 0 atom stereocenters. The van der Waals surface area contributed by atoms with Gasteiger partial charge in [0.15, 0.2) is 0 Å². The first-order valence-corrected chi connectivity index (χ1v) is 5.98. The maximum absolute atomic E-state index is 6.21. The third-order valence-corrected chi connectivity index (χ3v) is 3.60. The molecular weight excluding hydrogens is 198 g/mol. The molecule has 84 valence electrons. The summed E-state index contributed by atoms with van der Waals surface area (Å²) in [6.07, 6.45) is 6.62. The number of hydrogen-bond acceptors (Lipinski definition) is 2. The summed E-state index contributed by atoms with van der Waals surface area (Å²) in [4.78, 5) is 0. The Hall–Kier alpha value is -1.28. The van der Waals surface area contributed by atoms with E-state index in [4.69, 9.17) is 4.74 Å². The van der Waals surface area contributed by atoms with Gasteiger partial charge < -0.3 is 10.1 Å². The third kappa shape index (κ3) is 1.54. The van der Waals surface area contributed by atoms with Gasteiger partial charge in [0, 0.05) is 18.4 Å². The molecule has 0 saturated carbocycles. The topological polar surface area (TPSA) is 21.3 Å². The number of rotatable bonds is 0. The Kier molecular flexibility index (Phi) is 2.25. The monoisotopic (exact) mass is 215 g/mol. The Morgan fingerprint density at radius 2 is 2.06 bits per heavy atom. The van der Waals surface area contributed by atoms with Crippen LogP contribution in [-0.4, -0.2) is 18.7 Å². The molecule has 3 rings (SSSR count). The SMILES string of the molecule is Cc1cccc2c1C=CC1(CCNCC1)O2. The van der Waals surface area contributed by atoms with Crippen LogP contribution < -0.4 is 10.1 Å². The zero-order chi connectivity index (χ0) is 11.0. The standard InChI is InChI=1S/C14H17NO/c1-11-3-2-4-13-12(11)5-6-14(16-13)7-9-15-10-8-14/h2-6,15H,7-10H2,1H3. The average Bonchev–Trinajstić information content (AvgIpc) is 2.30. The van der Waals surface area contributed by atoms with Crippen molar-refractivity contribution in [1.82, 2.24) is 5.32 Å². The van der Waals surface area contributed by atoms with E-state index in [0.717, 1.165) is 31.7 Å². The molecule has 2 aliphatic heterocycles. The summed E-state index contributed by atoms with van der Waals surface area (Å²) in [6.45, 7) is 4.23. The maximum Gasteiger partial charge on any atom is 0.130 e. The lowest BCUT2D eigenvalue weighted by Crippen LogP contribution is -2.45. The molecule has 0 aliphatic carbocycles. The van der Waals surface area contributed by atoms with Gasteiger partial charge >= 0.3 is 0 Å². The Labute approximate surface area is 96.3 Å². The Morgan fingerprint density at radius 3 is 2.88 bits per heavy atom. The second-order valence-electron chi connectivity index (χ2n) is 4.74. The minimum absolute atomic E-state index is 0.0496. The van der Waals surface area contributed by atoms with Crippen LogP contribution in [0.25, 0.3) is 6.08 Å². The van der Waals surface area contributed by atoms with Crippen LogP contribution in [-0.2, 0) is 0 Å². The molecule has 0 radical (unpaired) electrons. The number of ether oxygens (including phenoxy) is 1. The molecular formula is C14H17NO. The molecule has 1 aromatic rings. The first kappa shape index (κ1) is 9.91. The summed E-state index contributed by atoms with van der Waals surface area (Å²) in [5, 5.41) is 3.38. The van der Waals surface area contributed by atoms with E-state index in [9.17, 15) is 0 Å². The van der Waals surface area contributed by atoms with Crippen LogP contribution >= 0.6 is 0 Å². The summed E-state index contributed by atoms with van der Waals surface area (Å²) in [5.41, 5.74) is 2.48. The first-order valence-electron chi connectivity index (χ1n) is 5.98. The summed E-state index contributed by atoms with van der Waals surface area (Å²) < 4.78 is 6.21.